The number of nitrogens with one attached hydrogen (secondary N) is 1. The van der Waals surface area contributed by atoms with Crippen LogP contribution in [-0.4, -0.2) is 52.3 Å². The topological polar surface area (TPSA) is 89.9 Å². The normalized spacial score (nSPS) is 13.3. The number of terminal acetylenes is 1. The predicted octanol–water partition coefficient (Wildman–Crippen LogP) is -0.123. The Morgan fingerprint density at radius 2 is 2.12 bits per heavy atom. The number of aliphatic carboxylic acids is 1. The van der Waals surface area contributed by atoms with Crippen molar-refractivity contribution in [2.45, 2.75) is 25.9 Å². The van der Waals surface area contributed by atoms with Crippen LogP contribution in [0.4, 0.5) is 4.79 Å². The molecule has 0 spiro atoms. The molecule has 3 N–H and O–H groups in total. The molecule has 0 aromatic rings. The molecule has 0 aliphatic heterocycles. The van der Waals surface area contributed by atoms with Crippen LogP contribution in [0.25, 0.3) is 0 Å². The lowest BCUT2D eigenvalue weighted by atomic mass is 10.0. The lowest BCUT2D eigenvalue weighted by Crippen LogP contribution is -2.47. The van der Waals surface area contributed by atoms with Crippen LogP contribution < -0.4 is 5.32 Å². The minimum absolute atomic E-state index is 0.140. The van der Waals surface area contributed by atoms with Gasteiger partial charge in [-0.3, -0.25) is 4.79 Å². The summed E-state index contributed by atoms with van der Waals surface area (Å²) in [5.74, 6) is 1.21. The van der Waals surface area contributed by atoms with Gasteiger partial charge in [-0.15, -0.1) is 6.42 Å². The van der Waals surface area contributed by atoms with E-state index in [4.69, 9.17) is 11.5 Å². The van der Waals surface area contributed by atoms with Crippen LogP contribution in [0.2, 0.25) is 0 Å². The van der Waals surface area contributed by atoms with Crippen LogP contribution in [0, 0.1) is 12.3 Å². The second kappa shape index (κ2) is 6.76. The highest BCUT2D eigenvalue weighted by molar-refractivity contribution is 5.74. The standard InChI is InChI=1S/C11H18N2O4/c1-4-6-13(5-2)10(16)12-8-11(3,17)7-9(14)15/h1,17H,5-8H2,2-3H3,(H,12,16)(H,14,15). The average Bonchev–Trinajstić information content (AvgIpc) is 2.21. The lowest BCUT2D eigenvalue weighted by Gasteiger charge is -2.24. The quantitative estimate of drug-likeness (QED) is 0.566. The number of amides is 2. The van der Waals surface area contributed by atoms with Crippen LogP contribution in [0.3, 0.4) is 0 Å². The Bertz CT molecular complexity index is 320. The van der Waals surface area contributed by atoms with Gasteiger partial charge in [0, 0.05) is 13.1 Å². The first-order valence-corrected chi connectivity index (χ1v) is 5.23. The second-order valence-corrected chi connectivity index (χ2v) is 3.94. The van der Waals surface area contributed by atoms with E-state index in [9.17, 15) is 14.7 Å². The van der Waals surface area contributed by atoms with Gasteiger partial charge < -0.3 is 20.4 Å². The number of hydrogen-bond donors (Lipinski definition) is 3. The van der Waals surface area contributed by atoms with E-state index in [1.165, 1.54) is 11.8 Å². The maximum Gasteiger partial charge on any atom is 0.318 e. The van der Waals surface area contributed by atoms with Crippen molar-refractivity contribution in [3.63, 3.8) is 0 Å². The highest BCUT2D eigenvalue weighted by Gasteiger charge is 2.25. The molecule has 0 saturated carbocycles. The first-order valence-electron chi connectivity index (χ1n) is 5.23. The number of hydrogen-bond acceptors (Lipinski definition) is 3. The van der Waals surface area contributed by atoms with Crippen LogP contribution in [0.15, 0.2) is 0 Å². The molecule has 0 aliphatic rings. The maximum atomic E-state index is 11.6. The Hall–Kier alpha value is -1.74. The molecule has 0 heterocycles. The Balaban J connectivity index is 4.22. The van der Waals surface area contributed by atoms with E-state index in [-0.39, 0.29) is 13.1 Å². The van der Waals surface area contributed by atoms with E-state index in [0.29, 0.717) is 6.54 Å². The molecule has 0 radical (unpaired) electrons. The summed E-state index contributed by atoms with van der Waals surface area (Å²) in [6.45, 7) is 3.59. The summed E-state index contributed by atoms with van der Waals surface area (Å²) in [5, 5.41) is 20.7. The van der Waals surface area contributed by atoms with Crippen molar-refractivity contribution in [2.75, 3.05) is 19.6 Å². The molecule has 6 nitrogen and oxygen atoms in total. The molecule has 0 aliphatic carbocycles. The van der Waals surface area contributed by atoms with Crippen LogP contribution in [0.1, 0.15) is 20.3 Å². The van der Waals surface area contributed by atoms with E-state index in [2.05, 4.69) is 11.2 Å². The molecule has 0 rings (SSSR count). The molecule has 0 bridgehead atoms. The number of aliphatic hydroxyl groups is 1. The molecule has 0 saturated heterocycles. The monoisotopic (exact) mass is 242 g/mol. The fourth-order valence-corrected chi connectivity index (χ4v) is 1.20. The SMILES string of the molecule is C#CCN(CC)C(=O)NCC(C)(O)CC(=O)O. The highest BCUT2D eigenvalue weighted by atomic mass is 16.4. The van der Waals surface area contributed by atoms with Crippen molar-refractivity contribution in [2.24, 2.45) is 0 Å². The predicted molar refractivity (Wildman–Crippen MR) is 62.4 cm³/mol. The van der Waals surface area contributed by atoms with Gasteiger partial charge >= 0.3 is 12.0 Å². The number of carbonyl (C=O) groups excluding carboxylic acids is 1. The third-order valence-corrected chi connectivity index (χ3v) is 2.10. The summed E-state index contributed by atoms with van der Waals surface area (Å²) in [6.07, 6.45) is 4.66. The minimum Gasteiger partial charge on any atom is -0.481 e. The summed E-state index contributed by atoms with van der Waals surface area (Å²) in [4.78, 5) is 23.4. The molecule has 1 unspecified atom stereocenters. The Labute approximate surface area is 101 Å². The Kier molecular flexibility index (Phi) is 6.07. The molecule has 6 heteroatoms. The van der Waals surface area contributed by atoms with E-state index in [0.717, 1.165) is 0 Å². The van der Waals surface area contributed by atoms with Crippen LogP contribution in [-0.2, 0) is 4.79 Å². The average molecular weight is 242 g/mol. The van der Waals surface area contributed by atoms with E-state index >= 15 is 0 Å². The number of carboxylic acid groups (broad SMARTS) is 1. The lowest BCUT2D eigenvalue weighted by molar-refractivity contribution is -0.141. The summed E-state index contributed by atoms with van der Waals surface area (Å²) >= 11 is 0. The first kappa shape index (κ1) is 15.3. The van der Waals surface area contributed by atoms with Gasteiger partial charge in [-0.2, -0.15) is 0 Å². The van der Waals surface area contributed by atoms with Gasteiger partial charge in [0.2, 0.25) is 0 Å². The van der Waals surface area contributed by atoms with Crippen LogP contribution in [0.5, 0.6) is 0 Å². The highest BCUT2D eigenvalue weighted by Crippen LogP contribution is 2.07. The zero-order valence-electron chi connectivity index (χ0n) is 10.1. The second-order valence-electron chi connectivity index (χ2n) is 3.94. The van der Waals surface area contributed by atoms with Gasteiger partial charge in [-0.05, 0) is 13.8 Å². The molecule has 17 heavy (non-hydrogen) atoms. The molecule has 0 aromatic carbocycles. The number of carboxylic acids is 1. The fourth-order valence-electron chi connectivity index (χ4n) is 1.20. The Morgan fingerprint density at radius 3 is 2.53 bits per heavy atom. The number of urea groups is 1. The van der Waals surface area contributed by atoms with Crippen molar-refractivity contribution in [1.82, 2.24) is 10.2 Å². The molecular weight excluding hydrogens is 224 g/mol. The third-order valence-electron chi connectivity index (χ3n) is 2.10. The van der Waals surface area contributed by atoms with Gasteiger partial charge in [0.1, 0.15) is 0 Å². The molecule has 1 atom stereocenters. The van der Waals surface area contributed by atoms with Crippen molar-refractivity contribution in [3.05, 3.63) is 0 Å². The molecule has 0 fully saturated rings. The van der Waals surface area contributed by atoms with Crippen LogP contribution >= 0.6 is 0 Å². The first-order chi connectivity index (χ1) is 7.82. The summed E-state index contributed by atoms with van der Waals surface area (Å²) in [6, 6.07) is -0.420. The summed E-state index contributed by atoms with van der Waals surface area (Å²) in [7, 11) is 0. The number of nitrogens with zero attached hydrogens (tertiary/aromatic N) is 1. The van der Waals surface area contributed by atoms with E-state index in [1.54, 1.807) is 6.92 Å². The van der Waals surface area contributed by atoms with Gasteiger partial charge in [0.15, 0.2) is 0 Å². The largest absolute Gasteiger partial charge is 0.481 e. The number of rotatable bonds is 6. The molecule has 2 amide bonds. The van der Waals surface area contributed by atoms with Crippen molar-refractivity contribution in [3.8, 4) is 12.3 Å². The zero-order valence-corrected chi connectivity index (χ0v) is 10.1. The maximum absolute atomic E-state index is 11.6. The van der Waals surface area contributed by atoms with Gasteiger partial charge in [0.25, 0.3) is 0 Å². The van der Waals surface area contributed by atoms with E-state index in [1.807, 2.05) is 0 Å². The molecule has 96 valence electrons. The van der Waals surface area contributed by atoms with Crippen molar-refractivity contribution >= 4 is 12.0 Å². The van der Waals surface area contributed by atoms with E-state index < -0.39 is 24.0 Å². The molecular formula is C11H18N2O4. The van der Waals surface area contributed by atoms with Gasteiger partial charge in [-0.1, -0.05) is 5.92 Å². The van der Waals surface area contributed by atoms with Crippen molar-refractivity contribution < 1.29 is 19.8 Å². The molecule has 0 aromatic heterocycles. The van der Waals surface area contributed by atoms with Gasteiger partial charge in [-0.25, -0.2) is 4.79 Å². The third kappa shape index (κ3) is 6.43. The smallest absolute Gasteiger partial charge is 0.318 e. The zero-order chi connectivity index (χ0) is 13.5. The Morgan fingerprint density at radius 1 is 1.53 bits per heavy atom. The van der Waals surface area contributed by atoms with Crippen molar-refractivity contribution in [1.29, 1.82) is 0 Å². The number of carbonyl (C=O) groups is 2. The summed E-state index contributed by atoms with van der Waals surface area (Å²) in [5.41, 5.74) is -1.48. The summed E-state index contributed by atoms with van der Waals surface area (Å²) < 4.78 is 0. The fraction of sp³-hybridized carbons (Fsp3) is 0.636. The van der Waals surface area contributed by atoms with Gasteiger partial charge in [0.05, 0.1) is 18.6 Å². The minimum atomic E-state index is -1.48.